The van der Waals surface area contributed by atoms with Crippen LogP contribution in [0.1, 0.15) is 34.1 Å². The molecule has 1 unspecified atom stereocenters. The predicted molar refractivity (Wildman–Crippen MR) is 61.6 cm³/mol. The summed E-state index contributed by atoms with van der Waals surface area (Å²) in [4.78, 5) is 10.6. The molecule has 4 heteroatoms. The Hall–Kier alpha value is -0.610. The van der Waals surface area contributed by atoms with E-state index in [9.17, 15) is 4.79 Å². The molecule has 4 nitrogen and oxygen atoms in total. The minimum Gasteiger partial charge on any atom is -0.396 e. The second-order valence-electron chi connectivity index (χ2n) is 4.87. The standard InChI is InChI=1S/C11H24N2O2/c1-9(15)12-6-7-13-10(5-8-14)11(2,3)4/h10,13-14H,5-8H2,1-4H3,(H,12,15). The van der Waals surface area contributed by atoms with Gasteiger partial charge in [-0.05, 0) is 11.8 Å². The van der Waals surface area contributed by atoms with Crippen molar-refractivity contribution in [3.63, 3.8) is 0 Å². The molecule has 0 aromatic heterocycles. The smallest absolute Gasteiger partial charge is 0.216 e. The highest BCUT2D eigenvalue weighted by Crippen LogP contribution is 2.21. The summed E-state index contributed by atoms with van der Waals surface area (Å²) in [5.74, 6) is -0.00809. The van der Waals surface area contributed by atoms with Crippen LogP contribution in [0, 0.1) is 5.41 Å². The quantitative estimate of drug-likeness (QED) is 0.567. The zero-order valence-electron chi connectivity index (χ0n) is 10.3. The summed E-state index contributed by atoms with van der Waals surface area (Å²) in [6, 6.07) is 0.274. The van der Waals surface area contributed by atoms with Crippen LogP contribution in [0.2, 0.25) is 0 Å². The van der Waals surface area contributed by atoms with Gasteiger partial charge in [0.15, 0.2) is 0 Å². The highest BCUT2D eigenvalue weighted by atomic mass is 16.3. The lowest BCUT2D eigenvalue weighted by atomic mass is 9.85. The summed E-state index contributed by atoms with van der Waals surface area (Å²) in [7, 11) is 0. The molecule has 90 valence electrons. The lowest BCUT2D eigenvalue weighted by molar-refractivity contribution is -0.118. The fourth-order valence-electron chi connectivity index (χ4n) is 1.46. The van der Waals surface area contributed by atoms with Crippen LogP contribution in [0.4, 0.5) is 0 Å². The van der Waals surface area contributed by atoms with E-state index in [1.807, 2.05) is 0 Å². The van der Waals surface area contributed by atoms with Gasteiger partial charge < -0.3 is 15.7 Å². The summed E-state index contributed by atoms with van der Waals surface area (Å²) in [5.41, 5.74) is 0.124. The normalized spacial score (nSPS) is 13.7. The summed E-state index contributed by atoms with van der Waals surface area (Å²) in [5, 5.41) is 15.0. The Balaban J connectivity index is 3.82. The number of carbonyl (C=O) groups is 1. The molecule has 1 atom stereocenters. The molecule has 0 aliphatic carbocycles. The molecule has 0 bridgehead atoms. The van der Waals surface area contributed by atoms with E-state index in [1.165, 1.54) is 6.92 Å². The molecule has 0 rings (SSSR count). The Labute approximate surface area is 92.4 Å². The Morgan fingerprint density at radius 3 is 2.33 bits per heavy atom. The molecule has 3 N–H and O–H groups in total. The molecule has 0 radical (unpaired) electrons. The van der Waals surface area contributed by atoms with E-state index >= 15 is 0 Å². The molecular formula is C11H24N2O2. The van der Waals surface area contributed by atoms with Crippen molar-refractivity contribution in [3.05, 3.63) is 0 Å². The molecule has 0 aliphatic heterocycles. The fraction of sp³-hybridized carbons (Fsp3) is 0.909. The summed E-state index contributed by atoms with van der Waals surface area (Å²) < 4.78 is 0. The zero-order chi connectivity index (χ0) is 11.9. The number of aliphatic hydroxyl groups is 1. The first-order valence-corrected chi connectivity index (χ1v) is 5.46. The maximum absolute atomic E-state index is 10.6. The molecule has 0 saturated carbocycles. The van der Waals surface area contributed by atoms with E-state index in [0.29, 0.717) is 6.54 Å². The van der Waals surface area contributed by atoms with Gasteiger partial charge in [0, 0.05) is 32.7 Å². The Morgan fingerprint density at radius 1 is 1.33 bits per heavy atom. The second kappa shape index (κ2) is 6.80. The number of hydrogen-bond acceptors (Lipinski definition) is 3. The van der Waals surface area contributed by atoms with Gasteiger partial charge in [0.25, 0.3) is 0 Å². The van der Waals surface area contributed by atoms with Crippen LogP contribution in [-0.2, 0) is 4.79 Å². The molecular weight excluding hydrogens is 192 g/mol. The van der Waals surface area contributed by atoms with Gasteiger partial charge in [-0.2, -0.15) is 0 Å². The van der Waals surface area contributed by atoms with Gasteiger partial charge in [-0.1, -0.05) is 20.8 Å². The van der Waals surface area contributed by atoms with Crippen molar-refractivity contribution in [2.45, 2.75) is 40.2 Å². The van der Waals surface area contributed by atoms with E-state index < -0.39 is 0 Å². The number of carbonyl (C=O) groups excluding carboxylic acids is 1. The van der Waals surface area contributed by atoms with Gasteiger partial charge in [-0.3, -0.25) is 4.79 Å². The lowest BCUT2D eigenvalue weighted by Gasteiger charge is -2.31. The van der Waals surface area contributed by atoms with Crippen LogP contribution in [0.15, 0.2) is 0 Å². The number of amides is 1. The van der Waals surface area contributed by atoms with Crippen LogP contribution in [-0.4, -0.2) is 36.8 Å². The molecule has 1 amide bonds. The Bertz CT molecular complexity index is 188. The van der Waals surface area contributed by atoms with Crippen LogP contribution >= 0.6 is 0 Å². The van der Waals surface area contributed by atoms with E-state index in [-0.39, 0.29) is 24.0 Å². The molecule has 0 aromatic carbocycles. The Kier molecular flexibility index (Phi) is 6.52. The fourth-order valence-corrected chi connectivity index (χ4v) is 1.46. The second-order valence-corrected chi connectivity index (χ2v) is 4.87. The van der Waals surface area contributed by atoms with Crippen molar-refractivity contribution in [3.8, 4) is 0 Å². The van der Waals surface area contributed by atoms with E-state index in [0.717, 1.165) is 13.0 Å². The van der Waals surface area contributed by atoms with Crippen LogP contribution < -0.4 is 10.6 Å². The van der Waals surface area contributed by atoms with E-state index in [1.54, 1.807) is 0 Å². The minimum absolute atomic E-state index is 0.00809. The van der Waals surface area contributed by atoms with Crippen molar-refractivity contribution in [1.82, 2.24) is 10.6 Å². The largest absolute Gasteiger partial charge is 0.396 e. The van der Waals surface area contributed by atoms with Gasteiger partial charge in [0.05, 0.1) is 0 Å². The molecule has 0 saturated heterocycles. The van der Waals surface area contributed by atoms with Crippen molar-refractivity contribution < 1.29 is 9.90 Å². The molecule has 0 heterocycles. The topological polar surface area (TPSA) is 61.4 Å². The van der Waals surface area contributed by atoms with E-state index in [2.05, 4.69) is 31.4 Å². The summed E-state index contributed by atoms with van der Waals surface area (Å²) in [6.45, 7) is 9.48. The van der Waals surface area contributed by atoms with Crippen molar-refractivity contribution in [2.24, 2.45) is 5.41 Å². The van der Waals surface area contributed by atoms with Crippen molar-refractivity contribution in [2.75, 3.05) is 19.7 Å². The summed E-state index contributed by atoms with van der Waals surface area (Å²) >= 11 is 0. The SMILES string of the molecule is CC(=O)NCCNC(CCO)C(C)(C)C. The van der Waals surface area contributed by atoms with Gasteiger partial charge >= 0.3 is 0 Å². The minimum atomic E-state index is -0.00809. The predicted octanol–water partition coefficient (Wildman–Crippen LogP) is 0.509. The highest BCUT2D eigenvalue weighted by molar-refractivity contribution is 5.72. The third kappa shape index (κ3) is 7.33. The number of nitrogens with one attached hydrogen (secondary N) is 2. The maximum atomic E-state index is 10.6. The zero-order valence-corrected chi connectivity index (χ0v) is 10.3. The van der Waals surface area contributed by atoms with Gasteiger partial charge in [0.2, 0.25) is 5.91 Å². The maximum Gasteiger partial charge on any atom is 0.216 e. The average molecular weight is 216 g/mol. The van der Waals surface area contributed by atoms with Crippen LogP contribution in [0.5, 0.6) is 0 Å². The van der Waals surface area contributed by atoms with Crippen molar-refractivity contribution in [1.29, 1.82) is 0 Å². The van der Waals surface area contributed by atoms with E-state index in [4.69, 9.17) is 5.11 Å². The lowest BCUT2D eigenvalue weighted by Crippen LogP contribution is -2.44. The average Bonchev–Trinajstić information content (AvgIpc) is 2.08. The van der Waals surface area contributed by atoms with Crippen molar-refractivity contribution >= 4 is 5.91 Å². The van der Waals surface area contributed by atoms with Crippen LogP contribution in [0.25, 0.3) is 0 Å². The first-order valence-electron chi connectivity index (χ1n) is 5.46. The molecule has 0 spiro atoms. The van der Waals surface area contributed by atoms with Gasteiger partial charge in [0.1, 0.15) is 0 Å². The third-order valence-corrected chi connectivity index (χ3v) is 2.35. The van der Waals surface area contributed by atoms with Gasteiger partial charge in [-0.25, -0.2) is 0 Å². The molecule has 0 fully saturated rings. The number of rotatable bonds is 6. The highest BCUT2D eigenvalue weighted by Gasteiger charge is 2.22. The number of hydrogen-bond donors (Lipinski definition) is 3. The molecule has 0 aromatic rings. The first-order chi connectivity index (χ1) is 6.88. The first kappa shape index (κ1) is 14.4. The monoisotopic (exact) mass is 216 g/mol. The molecule has 0 aliphatic rings. The van der Waals surface area contributed by atoms with Crippen LogP contribution in [0.3, 0.4) is 0 Å². The van der Waals surface area contributed by atoms with Gasteiger partial charge in [-0.15, -0.1) is 0 Å². The Morgan fingerprint density at radius 2 is 1.93 bits per heavy atom. The molecule has 15 heavy (non-hydrogen) atoms. The number of aliphatic hydroxyl groups excluding tert-OH is 1. The summed E-state index contributed by atoms with van der Waals surface area (Å²) in [6.07, 6.45) is 0.740. The third-order valence-electron chi connectivity index (χ3n) is 2.35.